The van der Waals surface area contributed by atoms with Gasteiger partial charge in [-0.05, 0) is 39.0 Å². The van der Waals surface area contributed by atoms with Crippen LogP contribution in [-0.2, 0) is 0 Å². The Morgan fingerprint density at radius 3 is 2.71 bits per heavy atom. The highest BCUT2D eigenvalue weighted by Crippen LogP contribution is 2.24. The van der Waals surface area contributed by atoms with Crippen molar-refractivity contribution in [1.29, 1.82) is 0 Å². The second kappa shape index (κ2) is 4.57. The number of aryl methyl sites for hydroxylation is 2. The molecule has 1 N–H and O–H groups in total. The van der Waals surface area contributed by atoms with E-state index in [2.05, 4.69) is 10.3 Å². The summed E-state index contributed by atoms with van der Waals surface area (Å²) < 4.78 is 18.4. The summed E-state index contributed by atoms with van der Waals surface area (Å²) in [6, 6.07) is 6.70. The van der Waals surface area contributed by atoms with Gasteiger partial charge in [-0.15, -0.1) is 0 Å². The van der Waals surface area contributed by atoms with Gasteiger partial charge in [-0.2, -0.15) is 4.39 Å². The topological polar surface area (TPSA) is 38.1 Å². The van der Waals surface area contributed by atoms with Gasteiger partial charge in [0.05, 0.1) is 6.04 Å². The first kappa shape index (κ1) is 11.6. The van der Waals surface area contributed by atoms with E-state index in [-0.39, 0.29) is 6.04 Å². The summed E-state index contributed by atoms with van der Waals surface area (Å²) in [5.41, 5.74) is 1.06. The number of hydrogen-bond donors (Lipinski definition) is 1. The van der Waals surface area contributed by atoms with Gasteiger partial charge < -0.3 is 9.73 Å². The number of rotatable bonds is 3. The molecule has 17 heavy (non-hydrogen) atoms. The van der Waals surface area contributed by atoms with Crippen LogP contribution in [0.15, 0.2) is 28.7 Å². The number of nitrogens with zero attached hydrogens (tertiary/aromatic N) is 1. The minimum atomic E-state index is -0.484. The fraction of sp³-hybridized carbons (Fsp3) is 0.308. The Labute approximate surface area is 99.7 Å². The van der Waals surface area contributed by atoms with Gasteiger partial charge in [0.2, 0.25) is 5.95 Å². The standard InChI is InChI=1S/C13H15FN2O/c1-8-7-11(10(3)17-8)9(2)15-13-6-4-5-12(14)16-13/h4-7,9H,1-3H3,(H,15,16). The van der Waals surface area contributed by atoms with Crippen molar-refractivity contribution in [2.75, 3.05) is 5.32 Å². The Kier molecular flexibility index (Phi) is 3.13. The van der Waals surface area contributed by atoms with Gasteiger partial charge in [-0.1, -0.05) is 6.07 Å². The number of hydrogen-bond acceptors (Lipinski definition) is 3. The molecule has 0 fully saturated rings. The molecular weight excluding hydrogens is 219 g/mol. The molecule has 2 aromatic heterocycles. The van der Waals surface area contributed by atoms with Crippen LogP contribution >= 0.6 is 0 Å². The summed E-state index contributed by atoms with van der Waals surface area (Å²) in [5.74, 6) is 1.79. The molecule has 2 aromatic rings. The number of nitrogens with one attached hydrogen (secondary N) is 1. The smallest absolute Gasteiger partial charge is 0.214 e. The fourth-order valence-corrected chi connectivity index (χ4v) is 1.87. The SMILES string of the molecule is Cc1cc(C(C)Nc2cccc(F)n2)c(C)o1. The van der Waals surface area contributed by atoms with Gasteiger partial charge >= 0.3 is 0 Å². The summed E-state index contributed by atoms with van der Waals surface area (Å²) in [6.45, 7) is 5.81. The summed E-state index contributed by atoms with van der Waals surface area (Å²) in [7, 11) is 0. The molecule has 1 unspecified atom stereocenters. The van der Waals surface area contributed by atoms with Gasteiger partial charge in [0.1, 0.15) is 17.3 Å². The Hall–Kier alpha value is -1.84. The zero-order chi connectivity index (χ0) is 12.4. The van der Waals surface area contributed by atoms with E-state index in [1.54, 1.807) is 12.1 Å². The van der Waals surface area contributed by atoms with Crippen molar-refractivity contribution in [3.05, 3.63) is 47.3 Å². The molecule has 3 nitrogen and oxygen atoms in total. The average molecular weight is 234 g/mol. The highest BCUT2D eigenvalue weighted by molar-refractivity contribution is 5.38. The van der Waals surface area contributed by atoms with Crippen LogP contribution in [0.25, 0.3) is 0 Å². The molecular formula is C13H15FN2O. The van der Waals surface area contributed by atoms with E-state index in [9.17, 15) is 4.39 Å². The Morgan fingerprint density at radius 2 is 2.12 bits per heavy atom. The van der Waals surface area contributed by atoms with E-state index < -0.39 is 5.95 Å². The van der Waals surface area contributed by atoms with Crippen molar-refractivity contribution in [1.82, 2.24) is 4.98 Å². The molecule has 0 saturated heterocycles. The molecule has 0 amide bonds. The monoisotopic (exact) mass is 234 g/mol. The molecule has 0 aliphatic carbocycles. The molecule has 4 heteroatoms. The van der Waals surface area contributed by atoms with Gasteiger partial charge in [0, 0.05) is 5.56 Å². The van der Waals surface area contributed by atoms with Crippen LogP contribution in [0.5, 0.6) is 0 Å². The minimum Gasteiger partial charge on any atom is -0.466 e. The largest absolute Gasteiger partial charge is 0.466 e. The maximum atomic E-state index is 12.9. The quantitative estimate of drug-likeness (QED) is 0.824. The highest BCUT2D eigenvalue weighted by Gasteiger charge is 2.12. The van der Waals surface area contributed by atoms with Crippen molar-refractivity contribution in [3.8, 4) is 0 Å². The number of anilines is 1. The highest BCUT2D eigenvalue weighted by atomic mass is 19.1. The lowest BCUT2D eigenvalue weighted by Gasteiger charge is -2.13. The Morgan fingerprint density at radius 1 is 1.35 bits per heavy atom. The summed E-state index contributed by atoms with van der Waals surface area (Å²) in [5, 5.41) is 3.14. The zero-order valence-electron chi connectivity index (χ0n) is 10.1. The van der Waals surface area contributed by atoms with Crippen LogP contribution in [0.1, 0.15) is 30.0 Å². The van der Waals surface area contributed by atoms with Crippen LogP contribution in [0.2, 0.25) is 0 Å². The minimum absolute atomic E-state index is 0.0294. The molecule has 2 heterocycles. The molecule has 0 aliphatic rings. The molecule has 0 spiro atoms. The first-order valence-electron chi connectivity index (χ1n) is 5.52. The first-order valence-corrected chi connectivity index (χ1v) is 5.52. The van der Waals surface area contributed by atoms with Crippen LogP contribution in [-0.4, -0.2) is 4.98 Å². The van der Waals surface area contributed by atoms with Gasteiger partial charge in [-0.3, -0.25) is 0 Å². The van der Waals surface area contributed by atoms with E-state index in [1.807, 2.05) is 26.8 Å². The van der Waals surface area contributed by atoms with Gasteiger partial charge in [0.25, 0.3) is 0 Å². The van der Waals surface area contributed by atoms with Crippen LogP contribution in [0.3, 0.4) is 0 Å². The number of halogens is 1. The molecule has 0 radical (unpaired) electrons. The second-order valence-electron chi connectivity index (χ2n) is 4.08. The summed E-state index contributed by atoms with van der Waals surface area (Å²) >= 11 is 0. The van der Waals surface area contributed by atoms with Crippen LogP contribution in [0.4, 0.5) is 10.2 Å². The van der Waals surface area contributed by atoms with Crippen molar-refractivity contribution < 1.29 is 8.81 Å². The lowest BCUT2D eigenvalue weighted by atomic mass is 10.1. The molecule has 0 aromatic carbocycles. The first-order chi connectivity index (χ1) is 8.06. The maximum absolute atomic E-state index is 12.9. The van der Waals surface area contributed by atoms with E-state index in [1.165, 1.54) is 6.07 Å². The zero-order valence-corrected chi connectivity index (χ0v) is 10.1. The second-order valence-corrected chi connectivity index (χ2v) is 4.08. The Bertz CT molecular complexity index is 522. The fourth-order valence-electron chi connectivity index (χ4n) is 1.87. The third-order valence-corrected chi connectivity index (χ3v) is 2.63. The molecule has 0 saturated carbocycles. The van der Waals surface area contributed by atoms with E-state index in [0.717, 1.165) is 17.1 Å². The van der Waals surface area contributed by atoms with Crippen molar-refractivity contribution in [2.45, 2.75) is 26.8 Å². The molecule has 0 bridgehead atoms. The molecule has 2 rings (SSSR count). The summed E-state index contributed by atoms with van der Waals surface area (Å²) in [6.07, 6.45) is 0. The normalized spacial score (nSPS) is 12.5. The van der Waals surface area contributed by atoms with Crippen molar-refractivity contribution >= 4 is 5.82 Å². The lowest BCUT2D eigenvalue weighted by Crippen LogP contribution is -2.08. The van der Waals surface area contributed by atoms with Crippen molar-refractivity contribution in [2.24, 2.45) is 0 Å². The van der Waals surface area contributed by atoms with E-state index in [4.69, 9.17) is 4.42 Å². The van der Waals surface area contributed by atoms with Crippen LogP contribution in [0, 0.1) is 19.8 Å². The maximum Gasteiger partial charge on any atom is 0.214 e. The van der Waals surface area contributed by atoms with E-state index in [0.29, 0.717) is 5.82 Å². The predicted octanol–water partition coefficient (Wildman–Crippen LogP) is 3.60. The molecule has 1 atom stereocenters. The predicted molar refractivity (Wildman–Crippen MR) is 64.4 cm³/mol. The Balaban J connectivity index is 2.16. The lowest BCUT2D eigenvalue weighted by molar-refractivity contribution is 0.499. The molecule has 0 aliphatic heterocycles. The third kappa shape index (κ3) is 2.64. The molecule has 90 valence electrons. The number of aromatic nitrogens is 1. The van der Waals surface area contributed by atoms with Crippen LogP contribution < -0.4 is 5.32 Å². The summed E-state index contributed by atoms with van der Waals surface area (Å²) in [4.78, 5) is 3.77. The van der Waals surface area contributed by atoms with Crippen molar-refractivity contribution in [3.63, 3.8) is 0 Å². The number of pyridine rings is 1. The van der Waals surface area contributed by atoms with E-state index >= 15 is 0 Å². The third-order valence-electron chi connectivity index (χ3n) is 2.63. The van der Waals surface area contributed by atoms with Gasteiger partial charge in [0.15, 0.2) is 0 Å². The number of furan rings is 1. The van der Waals surface area contributed by atoms with Gasteiger partial charge in [-0.25, -0.2) is 4.98 Å². The average Bonchev–Trinajstić information content (AvgIpc) is 2.58.